The second kappa shape index (κ2) is 9.19. The molecule has 1 unspecified atom stereocenters. The average Bonchev–Trinajstić information content (AvgIpc) is 2.19. The van der Waals surface area contributed by atoms with E-state index in [-0.39, 0.29) is 12.3 Å². The smallest absolute Gasteiger partial charge is 0.171 e. The number of rotatable bonds is 9. The van der Waals surface area contributed by atoms with E-state index in [0.29, 0.717) is 0 Å². The fraction of sp³-hybridized carbons (Fsp3) is 0.818. The topological polar surface area (TPSA) is 44.5 Å². The highest BCUT2D eigenvalue weighted by Crippen LogP contribution is 2.08. The van der Waals surface area contributed by atoms with Crippen molar-refractivity contribution in [3.05, 3.63) is 12.7 Å². The van der Waals surface area contributed by atoms with Crippen molar-refractivity contribution >= 4 is 0 Å². The van der Waals surface area contributed by atoms with Gasteiger partial charge in [-0.2, -0.15) is 0 Å². The summed E-state index contributed by atoms with van der Waals surface area (Å²) in [6, 6.07) is -0.0197. The summed E-state index contributed by atoms with van der Waals surface area (Å²) in [5.74, 6) is 0. The number of hydrogen-bond acceptors (Lipinski definition) is 3. The van der Waals surface area contributed by atoms with E-state index < -0.39 is 0 Å². The van der Waals surface area contributed by atoms with Crippen LogP contribution in [0.1, 0.15) is 32.1 Å². The number of hydrogen-bond donors (Lipinski definition) is 1. The molecule has 0 aliphatic carbocycles. The number of nitrogens with two attached hydrogens (primary N) is 1. The van der Waals surface area contributed by atoms with E-state index in [1.54, 1.807) is 14.2 Å². The fourth-order valence-electron chi connectivity index (χ4n) is 1.43. The van der Waals surface area contributed by atoms with Gasteiger partial charge in [-0.3, -0.25) is 0 Å². The lowest BCUT2D eigenvalue weighted by molar-refractivity contribution is -0.117. The van der Waals surface area contributed by atoms with E-state index in [1.165, 1.54) is 12.8 Å². The zero-order valence-electron chi connectivity index (χ0n) is 9.37. The standard InChI is InChI=1S/C11H23NO2/c1-4-5-6-7-8-9-10(12)11(13-2)14-3/h4,10-11H,1,5-9,12H2,2-3H3. The summed E-state index contributed by atoms with van der Waals surface area (Å²) in [7, 11) is 3.23. The predicted octanol–water partition coefficient (Wildman–Crippen LogP) is 2.07. The Labute approximate surface area is 87.3 Å². The lowest BCUT2D eigenvalue weighted by atomic mass is 10.1. The van der Waals surface area contributed by atoms with Crippen LogP contribution in [0, 0.1) is 0 Å². The highest BCUT2D eigenvalue weighted by atomic mass is 16.7. The molecule has 0 saturated carbocycles. The molecule has 3 nitrogen and oxygen atoms in total. The molecule has 0 fully saturated rings. The fourth-order valence-corrected chi connectivity index (χ4v) is 1.43. The van der Waals surface area contributed by atoms with E-state index in [9.17, 15) is 0 Å². The van der Waals surface area contributed by atoms with Crippen molar-refractivity contribution in [1.29, 1.82) is 0 Å². The predicted molar refractivity (Wildman–Crippen MR) is 59.1 cm³/mol. The Balaban J connectivity index is 3.41. The second-order valence-electron chi connectivity index (χ2n) is 3.43. The van der Waals surface area contributed by atoms with Crippen LogP contribution in [0.25, 0.3) is 0 Å². The van der Waals surface area contributed by atoms with E-state index in [0.717, 1.165) is 19.3 Å². The van der Waals surface area contributed by atoms with Crippen LogP contribution in [0.15, 0.2) is 12.7 Å². The first-order chi connectivity index (χ1) is 6.76. The lowest BCUT2D eigenvalue weighted by Gasteiger charge is -2.20. The third-order valence-corrected chi connectivity index (χ3v) is 2.26. The van der Waals surface area contributed by atoms with Crippen molar-refractivity contribution in [2.75, 3.05) is 14.2 Å². The Bertz CT molecular complexity index is 135. The molecule has 0 rings (SSSR count). The van der Waals surface area contributed by atoms with Gasteiger partial charge in [0.2, 0.25) is 0 Å². The molecule has 3 heteroatoms. The maximum Gasteiger partial charge on any atom is 0.171 e. The summed E-state index contributed by atoms with van der Waals surface area (Å²) in [6.45, 7) is 3.68. The van der Waals surface area contributed by atoms with Crippen LogP contribution >= 0.6 is 0 Å². The van der Waals surface area contributed by atoms with Crippen LogP contribution in [-0.4, -0.2) is 26.6 Å². The van der Waals surface area contributed by atoms with Gasteiger partial charge in [-0.1, -0.05) is 18.9 Å². The van der Waals surface area contributed by atoms with Crippen LogP contribution in [-0.2, 0) is 9.47 Å². The Morgan fingerprint density at radius 1 is 1.21 bits per heavy atom. The summed E-state index contributed by atoms with van der Waals surface area (Å²) < 4.78 is 10.2. The molecule has 0 saturated heterocycles. The molecule has 0 heterocycles. The molecular formula is C11H23NO2. The molecule has 84 valence electrons. The quantitative estimate of drug-likeness (QED) is 0.353. The number of ether oxygens (including phenoxy) is 2. The highest BCUT2D eigenvalue weighted by Gasteiger charge is 2.15. The van der Waals surface area contributed by atoms with Crippen molar-refractivity contribution in [2.45, 2.75) is 44.4 Å². The first-order valence-electron chi connectivity index (χ1n) is 5.18. The normalized spacial score (nSPS) is 13.1. The van der Waals surface area contributed by atoms with Crippen LogP contribution in [0.2, 0.25) is 0 Å². The summed E-state index contributed by atoms with van der Waals surface area (Å²) in [5, 5.41) is 0. The van der Waals surface area contributed by atoms with Crippen molar-refractivity contribution in [3.8, 4) is 0 Å². The average molecular weight is 201 g/mol. The highest BCUT2D eigenvalue weighted by molar-refractivity contribution is 4.68. The van der Waals surface area contributed by atoms with E-state index in [4.69, 9.17) is 15.2 Å². The molecule has 1 atom stereocenters. The van der Waals surface area contributed by atoms with Gasteiger partial charge in [-0.05, 0) is 19.3 Å². The maximum absolute atomic E-state index is 5.88. The van der Waals surface area contributed by atoms with Crippen LogP contribution in [0.5, 0.6) is 0 Å². The van der Waals surface area contributed by atoms with Gasteiger partial charge in [0.15, 0.2) is 6.29 Å². The Morgan fingerprint density at radius 3 is 2.36 bits per heavy atom. The van der Waals surface area contributed by atoms with Gasteiger partial charge in [-0.25, -0.2) is 0 Å². The Kier molecular flexibility index (Phi) is 8.94. The molecule has 0 amide bonds. The van der Waals surface area contributed by atoms with Gasteiger partial charge < -0.3 is 15.2 Å². The van der Waals surface area contributed by atoms with Gasteiger partial charge in [0, 0.05) is 14.2 Å². The van der Waals surface area contributed by atoms with Gasteiger partial charge in [0.1, 0.15) is 0 Å². The second-order valence-corrected chi connectivity index (χ2v) is 3.43. The number of allylic oxidation sites excluding steroid dienone is 1. The largest absolute Gasteiger partial charge is 0.354 e. The van der Waals surface area contributed by atoms with Crippen molar-refractivity contribution < 1.29 is 9.47 Å². The number of unbranched alkanes of at least 4 members (excludes halogenated alkanes) is 3. The van der Waals surface area contributed by atoms with E-state index >= 15 is 0 Å². The van der Waals surface area contributed by atoms with Gasteiger partial charge in [-0.15, -0.1) is 6.58 Å². The molecule has 0 radical (unpaired) electrons. The zero-order chi connectivity index (χ0) is 10.8. The van der Waals surface area contributed by atoms with Gasteiger partial charge >= 0.3 is 0 Å². The first kappa shape index (κ1) is 13.6. The molecule has 0 aromatic carbocycles. The van der Waals surface area contributed by atoms with Crippen molar-refractivity contribution in [1.82, 2.24) is 0 Å². The zero-order valence-corrected chi connectivity index (χ0v) is 9.37. The molecule has 0 aromatic rings. The van der Waals surface area contributed by atoms with Crippen LogP contribution < -0.4 is 5.73 Å². The third-order valence-electron chi connectivity index (χ3n) is 2.26. The minimum atomic E-state index is -0.269. The molecule has 0 aliphatic heterocycles. The van der Waals surface area contributed by atoms with Crippen molar-refractivity contribution in [2.24, 2.45) is 5.73 Å². The molecule has 14 heavy (non-hydrogen) atoms. The van der Waals surface area contributed by atoms with Crippen molar-refractivity contribution in [3.63, 3.8) is 0 Å². The minimum absolute atomic E-state index is 0.0197. The molecule has 0 bridgehead atoms. The Morgan fingerprint density at radius 2 is 1.86 bits per heavy atom. The third kappa shape index (κ3) is 6.13. The van der Waals surface area contributed by atoms with E-state index in [2.05, 4.69) is 6.58 Å². The van der Waals surface area contributed by atoms with Gasteiger partial charge in [0.25, 0.3) is 0 Å². The molecule has 0 spiro atoms. The molecule has 0 aliphatic rings. The maximum atomic E-state index is 5.88. The minimum Gasteiger partial charge on any atom is -0.354 e. The summed E-state index contributed by atoms with van der Waals surface area (Å²) >= 11 is 0. The summed E-state index contributed by atoms with van der Waals surface area (Å²) in [5.41, 5.74) is 5.88. The monoisotopic (exact) mass is 201 g/mol. The SMILES string of the molecule is C=CCCCCCC(N)C(OC)OC. The molecule has 0 aromatic heterocycles. The first-order valence-corrected chi connectivity index (χ1v) is 5.18. The lowest BCUT2D eigenvalue weighted by Crippen LogP contribution is -2.37. The molecular weight excluding hydrogens is 178 g/mol. The van der Waals surface area contributed by atoms with Crippen LogP contribution in [0.4, 0.5) is 0 Å². The van der Waals surface area contributed by atoms with E-state index in [1.807, 2.05) is 6.08 Å². The molecule has 2 N–H and O–H groups in total. The summed E-state index contributed by atoms with van der Waals surface area (Å²) in [4.78, 5) is 0. The number of methoxy groups -OCH3 is 2. The van der Waals surface area contributed by atoms with Gasteiger partial charge in [0.05, 0.1) is 6.04 Å². The summed E-state index contributed by atoms with van der Waals surface area (Å²) in [6.07, 6.45) is 7.23. The van der Waals surface area contributed by atoms with Crippen LogP contribution in [0.3, 0.4) is 0 Å². The Hall–Kier alpha value is -0.380.